The lowest BCUT2D eigenvalue weighted by molar-refractivity contribution is 0.313. The number of likely N-dealkylation sites (N-methyl/N-ethyl adjacent to an activating group) is 1. The molecule has 2 rings (SSSR count). The maximum Gasteiger partial charge on any atom is 0.0233 e. The van der Waals surface area contributed by atoms with E-state index in [4.69, 9.17) is 0 Å². The topological polar surface area (TPSA) is 3.24 Å². The molecule has 1 aromatic rings. The molecule has 0 aliphatic carbocycles. The molecule has 0 amide bonds. The average molecular weight is 193 g/mol. The van der Waals surface area contributed by atoms with Gasteiger partial charge in [-0.3, -0.25) is 0 Å². The third-order valence-corrected chi connectivity index (χ3v) is 3.18. The largest absolute Gasteiger partial charge is 0.302 e. The van der Waals surface area contributed by atoms with Gasteiger partial charge in [-0.1, -0.05) is 18.2 Å². The van der Waals surface area contributed by atoms with E-state index in [9.17, 15) is 0 Å². The molecule has 2 heteroatoms. The van der Waals surface area contributed by atoms with Gasteiger partial charge in [0.1, 0.15) is 0 Å². The molecule has 1 atom stereocenters. The first kappa shape index (κ1) is 9.18. The Bertz CT molecular complexity index is 309. The molecular formula is C11H16NP. The Hall–Kier alpha value is -0.390. The summed E-state index contributed by atoms with van der Waals surface area (Å²) in [6.45, 7) is 2.32. The molecule has 0 saturated carbocycles. The van der Waals surface area contributed by atoms with Crippen LogP contribution in [0.1, 0.15) is 16.7 Å². The Labute approximate surface area is 82.3 Å². The van der Waals surface area contributed by atoms with Gasteiger partial charge in [0.15, 0.2) is 0 Å². The fourth-order valence-corrected chi connectivity index (χ4v) is 2.13. The molecule has 0 saturated heterocycles. The molecule has 0 bridgehead atoms. The zero-order valence-electron chi connectivity index (χ0n) is 8.09. The average Bonchev–Trinajstić information content (AvgIpc) is 2.16. The molecule has 0 spiro atoms. The van der Waals surface area contributed by atoms with Gasteiger partial charge < -0.3 is 4.90 Å². The van der Waals surface area contributed by atoms with Gasteiger partial charge in [0, 0.05) is 13.1 Å². The van der Waals surface area contributed by atoms with Crippen molar-refractivity contribution in [1.29, 1.82) is 0 Å². The molecule has 13 heavy (non-hydrogen) atoms. The van der Waals surface area contributed by atoms with Crippen LogP contribution in [0.3, 0.4) is 0 Å². The monoisotopic (exact) mass is 193 g/mol. The summed E-state index contributed by atoms with van der Waals surface area (Å²) in [6, 6.07) is 6.89. The molecule has 0 aromatic heterocycles. The lowest BCUT2D eigenvalue weighted by Gasteiger charge is -2.25. The van der Waals surface area contributed by atoms with E-state index in [1.165, 1.54) is 24.1 Å². The van der Waals surface area contributed by atoms with Crippen molar-refractivity contribution in [2.24, 2.45) is 0 Å². The van der Waals surface area contributed by atoms with Crippen molar-refractivity contribution >= 4 is 9.24 Å². The Morgan fingerprint density at radius 3 is 3.00 bits per heavy atom. The molecule has 1 heterocycles. The van der Waals surface area contributed by atoms with Gasteiger partial charge in [-0.15, -0.1) is 9.24 Å². The fraction of sp³-hybridized carbons (Fsp3) is 0.455. The van der Waals surface area contributed by atoms with Crippen LogP contribution >= 0.6 is 9.24 Å². The van der Waals surface area contributed by atoms with E-state index in [0.717, 1.165) is 12.7 Å². The molecule has 0 radical (unpaired) electrons. The quantitative estimate of drug-likeness (QED) is 0.617. The highest BCUT2D eigenvalue weighted by molar-refractivity contribution is 7.15. The molecule has 1 aliphatic rings. The summed E-state index contributed by atoms with van der Waals surface area (Å²) in [5.41, 5.74) is 4.49. The van der Waals surface area contributed by atoms with Gasteiger partial charge >= 0.3 is 0 Å². The summed E-state index contributed by atoms with van der Waals surface area (Å²) >= 11 is 0. The number of fused-ring (bicyclic) bond motifs is 1. The van der Waals surface area contributed by atoms with Crippen molar-refractivity contribution in [3.05, 3.63) is 34.9 Å². The van der Waals surface area contributed by atoms with Gasteiger partial charge in [0.05, 0.1) is 0 Å². The number of rotatable bonds is 1. The minimum absolute atomic E-state index is 1.07. The van der Waals surface area contributed by atoms with Gasteiger partial charge in [-0.05, 0) is 36.3 Å². The molecular weight excluding hydrogens is 177 g/mol. The second-order valence-corrected chi connectivity index (χ2v) is 4.20. The number of hydrogen-bond acceptors (Lipinski definition) is 1. The Morgan fingerprint density at radius 2 is 2.23 bits per heavy atom. The Balaban J connectivity index is 2.32. The molecule has 0 fully saturated rings. The van der Waals surface area contributed by atoms with Gasteiger partial charge in [0.25, 0.3) is 0 Å². The van der Waals surface area contributed by atoms with Crippen LogP contribution in [-0.2, 0) is 19.1 Å². The van der Waals surface area contributed by atoms with Crippen LogP contribution in [0.15, 0.2) is 18.2 Å². The predicted octanol–water partition coefficient (Wildman–Crippen LogP) is 2.05. The van der Waals surface area contributed by atoms with Gasteiger partial charge in [0.2, 0.25) is 0 Å². The van der Waals surface area contributed by atoms with Crippen molar-refractivity contribution in [2.75, 3.05) is 13.6 Å². The van der Waals surface area contributed by atoms with Crippen molar-refractivity contribution in [2.45, 2.75) is 19.1 Å². The lowest BCUT2D eigenvalue weighted by atomic mass is 9.98. The molecule has 0 N–H and O–H groups in total. The van der Waals surface area contributed by atoms with E-state index >= 15 is 0 Å². The maximum atomic E-state index is 2.78. The van der Waals surface area contributed by atoms with E-state index in [0.29, 0.717) is 0 Å². The highest BCUT2D eigenvalue weighted by Crippen LogP contribution is 2.20. The second kappa shape index (κ2) is 3.77. The van der Waals surface area contributed by atoms with Crippen LogP contribution in [-0.4, -0.2) is 18.5 Å². The summed E-state index contributed by atoms with van der Waals surface area (Å²) in [7, 11) is 4.97. The lowest BCUT2D eigenvalue weighted by Crippen LogP contribution is -2.26. The summed E-state index contributed by atoms with van der Waals surface area (Å²) in [5, 5.41) is 0. The van der Waals surface area contributed by atoms with E-state index in [-0.39, 0.29) is 0 Å². The van der Waals surface area contributed by atoms with Crippen molar-refractivity contribution in [1.82, 2.24) is 4.90 Å². The van der Waals surface area contributed by atoms with Gasteiger partial charge in [-0.2, -0.15) is 0 Å². The first-order chi connectivity index (χ1) is 6.29. The van der Waals surface area contributed by atoms with E-state index in [1.807, 2.05) is 0 Å². The Kier molecular flexibility index (Phi) is 2.66. The SMILES string of the molecule is CN1CCc2ccc(CP)cc2C1. The zero-order chi connectivity index (χ0) is 9.26. The van der Waals surface area contributed by atoms with Crippen LogP contribution in [0.5, 0.6) is 0 Å². The Morgan fingerprint density at radius 1 is 1.38 bits per heavy atom. The number of nitrogens with zero attached hydrogens (tertiary/aromatic N) is 1. The third kappa shape index (κ3) is 1.92. The first-order valence-corrected chi connectivity index (χ1v) is 5.60. The normalized spacial score (nSPS) is 17.1. The standard InChI is InChI=1S/C11H16NP/c1-12-5-4-10-3-2-9(8-13)6-11(10)7-12/h2-3,6H,4-5,7-8,13H2,1H3. The van der Waals surface area contributed by atoms with Gasteiger partial charge in [-0.25, -0.2) is 0 Å². The minimum atomic E-state index is 1.07. The minimum Gasteiger partial charge on any atom is -0.302 e. The molecule has 1 aliphatic heterocycles. The summed E-state index contributed by atoms with van der Waals surface area (Å²) in [4.78, 5) is 2.38. The smallest absolute Gasteiger partial charge is 0.0233 e. The van der Waals surface area contributed by atoms with E-state index < -0.39 is 0 Å². The summed E-state index contributed by atoms with van der Waals surface area (Å²) in [6.07, 6.45) is 2.28. The molecule has 1 nitrogen and oxygen atoms in total. The maximum absolute atomic E-state index is 2.78. The highest BCUT2D eigenvalue weighted by Gasteiger charge is 2.12. The van der Waals surface area contributed by atoms with Crippen molar-refractivity contribution < 1.29 is 0 Å². The second-order valence-electron chi connectivity index (χ2n) is 3.79. The van der Waals surface area contributed by atoms with Crippen LogP contribution in [0.25, 0.3) is 0 Å². The molecule has 1 aromatic carbocycles. The number of benzene rings is 1. The zero-order valence-corrected chi connectivity index (χ0v) is 9.24. The van der Waals surface area contributed by atoms with Crippen LogP contribution in [0.2, 0.25) is 0 Å². The van der Waals surface area contributed by atoms with E-state index in [1.54, 1.807) is 5.56 Å². The fourth-order valence-electron chi connectivity index (χ4n) is 1.88. The summed E-state index contributed by atoms with van der Waals surface area (Å²) in [5.74, 6) is 0. The van der Waals surface area contributed by atoms with Crippen LogP contribution in [0, 0.1) is 0 Å². The van der Waals surface area contributed by atoms with Crippen LogP contribution < -0.4 is 0 Å². The van der Waals surface area contributed by atoms with Crippen molar-refractivity contribution in [3.8, 4) is 0 Å². The summed E-state index contributed by atoms with van der Waals surface area (Å²) < 4.78 is 0. The third-order valence-electron chi connectivity index (χ3n) is 2.71. The highest BCUT2D eigenvalue weighted by atomic mass is 31.0. The first-order valence-electron chi connectivity index (χ1n) is 4.79. The predicted molar refractivity (Wildman–Crippen MR) is 59.9 cm³/mol. The molecule has 70 valence electrons. The molecule has 1 unspecified atom stereocenters. The van der Waals surface area contributed by atoms with E-state index in [2.05, 4.69) is 39.4 Å². The van der Waals surface area contributed by atoms with Crippen LogP contribution in [0.4, 0.5) is 0 Å². The number of hydrogen-bond donors (Lipinski definition) is 0. The van der Waals surface area contributed by atoms with Crippen molar-refractivity contribution in [3.63, 3.8) is 0 Å².